The van der Waals surface area contributed by atoms with Crippen LogP contribution in [0.3, 0.4) is 0 Å². The zero-order valence-electron chi connectivity index (χ0n) is 9.65. The maximum Gasteiger partial charge on any atom is 0.247 e. The second-order valence-corrected chi connectivity index (χ2v) is 4.84. The molecular formula is C11H22N2O2. The molecule has 1 fully saturated rings. The van der Waals surface area contributed by atoms with E-state index in [0.717, 1.165) is 19.4 Å². The Morgan fingerprint density at radius 3 is 2.80 bits per heavy atom. The predicted molar refractivity (Wildman–Crippen MR) is 59.3 cm³/mol. The Kier molecular flexibility index (Phi) is 4.54. The van der Waals surface area contributed by atoms with Gasteiger partial charge in [0.2, 0.25) is 5.91 Å². The van der Waals surface area contributed by atoms with Gasteiger partial charge in [-0.2, -0.15) is 0 Å². The van der Waals surface area contributed by atoms with E-state index in [9.17, 15) is 9.90 Å². The molecule has 0 radical (unpaired) electrons. The number of primary amides is 1. The normalized spacial score (nSPS) is 24.7. The summed E-state index contributed by atoms with van der Waals surface area (Å²) < 4.78 is 0. The van der Waals surface area contributed by atoms with Crippen molar-refractivity contribution in [3.05, 3.63) is 0 Å². The highest BCUT2D eigenvalue weighted by molar-refractivity contribution is 5.78. The van der Waals surface area contributed by atoms with Crippen molar-refractivity contribution in [3.8, 4) is 0 Å². The van der Waals surface area contributed by atoms with Crippen molar-refractivity contribution in [2.45, 2.75) is 45.3 Å². The third-order valence-corrected chi connectivity index (χ3v) is 2.98. The van der Waals surface area contributed by atoms with Crippen molar-refractivity contribution in [2.75, 3.05) is 13.1 Å². The number of hydrogen-bond donors (Lipinski definition) is 2. The smallest absolute Gasteiger partial charge is 0.247 e. The summed E-state index contributed by atoms with van der Waals surface area (Å²) in [5.74, 6) is 0.0338. The Hall–Kier alpha value is -0.610. The molecule has 1 aliphatic heterocycles. The number of carbonyl (C=O) groups is 1. The third-order valence-electron chi connectivity index (χ3n) is 2.98. The standard InChI is InChI=1S/C11H22N2O2/c1-8(2)6-9-4-3-5-13(9)7-10(14)11(12)15/h8-10,14H,3-7H2,1-2H3,(H2,12,15)/t9?,10-/m1/s1. The first kappa shape index (κ1) is 12.5. The highest BCUT2D eigenvalue weighted by Crippen LogP contribution is 2.23. The zero-order valence-corrected chi connectivity index (χ0v) is 9.65. The van der Waals surface area contributed by atoms with Crippen LogP contribution < -0.4 is 5.73 Å². The van der Waals surface area contributed by atoms with E-state index in [2.05, 4.69) is 18.7 Å². The average molecular weight is 214 g/mol. The maximum absolute atomic E-state index is 10.8. The minimum atomic E-state index is -1.02. The van der Waals surface area contributed by atoms with Gasteiger partial charge in [0, 0.05) is 12.6 Å². The van der Waals surface area contributed by atoms with Crippen molar-refractivity contribution in [3.63, 3.8) is 0 Å². The molecule has 1 saturated heterocycles. The highest BCUT2D eigenvalue weighted by atomic mass is 16.3. The summed E-state index contributed by atoms with van der Waals surface area (Å²) in [4.78, 5) is 13.0. The second-order valence-electron chi connectivity index (χ2n) is 4.84. The van der Waals surface area contributed by atoms with Crippen LogP contribution in [0.1, 0.15) is 33.1 Å². The van der Waals surface area contributed by atoms with Gasteiger partial charge in [-0.3, -0.25) is 9.69 Å². The van der Waals surface area contributed by atoms with E-state index in [1.807, 2.05) is 0 Å². The lowest BCUT2D eigenvalue weighted by molar-refractivity contribution is -0.127. The predicted octanol–water partition coefficient (Wildman–Crippen LogP) is 0.343. The van der Waals surface area contributed by atoms with E-state index < -0.39 is 12.0 Å². The summed E-state index contributed by atoms with van der Waals surface area (Å²) in [7, 11) is 0. The number of amides is 1. The Morgan fingerprint density at radius 2 is 2.27 bits per heavy atom. The van der Waals surface area contributed by atoms with Gasteiger partial charge >= 0.3 is 0 Å². The van der Waals surface area contributed by atoms with Crippen LogP contribution in [0.15, 0.2) is 0 Å². The summed E-state index contributed by atoms with van der Waals surface area (Å²) in [6.07, 6.45) is 2.44. The number of likely N-dealkylation sites (tertiary alicyclic amines) is 1. The summed E-state index contributed by atoms with van der Waals surface area (Å²) in [6.45, 7) is 5.76. The molecule has 0 aliphatic carbocycles. The molecule has 1 aliphatic rings. The van der Waals surface area contributed by atoms with Gasteiger partial charge in [0.15, 0.2) is 0 Å². The Labute approximate surface area is 91.4 Å². The second kappa shape index (κ2) is 5.47. The van der Waals surface area contributed by atoms with Gasteiger partial charge in [0.25, 0.3) is 0 Å². The molecule has 3 N–H and O–H groups in total. The fourth-order valence-corrected chi connectivity index (χ4v) is 2.26. The molecule has 88 valence electrons. The summed E-state index contributed by atoms with van der Waals surface area (Å²) in [5.41, 5.74) is 5.05. The number of aliphatic hydroxyl groups excluding tert-OH is 1. The van der Waals surface area contributed by atoms with Crippen LogP contribution in [0.25, 0.3) is 0 Å². The quantitative estimate of drug-likeness (QED) is 0.693. The maximum atomic E-state index is 10.8. The van der Waals surface area contributed by atoms with Crippen LogP contribution in [-0.2, 0) is 4.79 Å². The molecule has 0 aromatic heterocycles. The lowest BCUT2D eigenvalue weighted by atomic mass is 10.0. The number of aliphatic hydroxyl groups is 1. The molecular weight excluding hydrogens is 192 g/mol. The zero-order chi connectivity index (χ0) is 11.4. The molecule has 2 atom stereocenters. The Morgan fingerprint density at radius 1 is 1.60 bits per heavy atom. The largest absolute Gasteiger partial charge is 0.382 e. The fourth-order valence-electron chi connectivity index (χ4n) is 2.26. The van der Waals surface area contributed by atoms with E-state index in [4.69, 9.17) is 5.73 Å². The van der Waals surface area contributed by atoms with Crippen LogP contribution in [0.5, 0.6) is 0 Å². The van der Waals surface area contributed by atoms with E-state index in [1.165, 1.54) is 6.42 Å². The fraction of sp³-hybridized carbons (Fsp3) is 0.909. The molecule has 1 heterocycles. The molecule has 0 spiro atoms. The first-order chi connectivity index (χ1) is 7.00. The van der Waals surface area contributed by atoms with E-state index >= 15 is 0 Å². The van der Waals surface area contributed by atoms with Crippen LogP contribution in [0.4, 0.5) is 0 Å². The number of nitrogens with zero attached hydrogens (tertiary/aromatic N) is 1. The van der Waals surface area contributed by atoms with Crippen molar-refractivity contribution in [1.82, 2.24) is 4.90 Å². The van der Waals surface area contributed by atoms with Crippen molar-refractivity contribution < 1.29 is 9.90 Å². The first-order valence-electron chi connectivity index (χ1n) is 5.72. The number of hydrogen-bond acceptors (Lipinski definition) is 3. The topological polar surface area (TPSA) is 66.6 Å². The average Bonchev–Trinajstić information content (AvgIpc) is 2.51. The van der Waals surface area contributed by atoms with Crippen LogP contribution in [-0.4, -0.2) is 41.1 Å². The molecule has 4 nitrogen and oxygen atoms in total. The lowest BCUT2D eigenvalue weighted by Crippen LogP contribution is -2.42. The van der Waals surface area contributed by atoms with Gasteiger partial charge < -0.3 is 10.8 Å². The van der Waals surface area contributed by atoms with Gasteiger partial charge in [-0.15, -0.1) is 0 Å². The van der Waals surface area contributed by atoms with Gasteiger partial charge in [-0.05, 0) is 31.7 Å². The molecule has 4 heteroatoms. The summed E-state index contributed by atoms with van der Waals surface area (Å²) >= 11 is 0. The van der Waals surface area contributed by atoms with E-state index in [-0.39, 0.29) is 0 Å². The van der Waals surface area contributed by atoms with Crippen molar-refractivity contribution in [1.29, 1.82) is 0 Å². The number of carbonyl (C=O) groups excluding carboxylic acids is 1. The van der Waals surface area contributed by atoms with Crippen LogP contribution >= 0.6 is 0 Å². The van der Waals surface area contributed by atoms with Gasteiger partial charge in [-0.25, -0.2) is 0 Å². The monoisotopic (exact) mass is 214 g/mol. The summed E-state index contributed by atoms with van der Waals surface area (Å²) in [6, 6.07) is 0.513. The number of β-amino-alcohol motifs (C(OH)–C–C–N with tert-alkyl or cyclic N) is 1. The molecule has 0 bridgehead atoms. The highest BCUT2D eigenvalue weighted by Gasteiger charge is 2.27. The van der Waals surface area contributed by atoms with Gasteiger partial charge in [0.05, 0.1) is 0 Å². The molecule has 0 saturated carbocycles. The summed E-state index contributed by atoms with van der Waals surface area (Å²) in [5, 5.41) is 9.42. The van der Waals surface area contributed by atoms with Gasteiger partial charge in [-0.1, -0.05) is 13.8 Å². The van der Waals surface area contributed by atoms with Crippen molar-refractivity contribution in [2.24, 2.45) is 11.7 Å². The minimum Gasteiger partial charge on any atom is -0.382 e. The molecule has 15 heavy (non-hydrogen) atoms. The third kappa shape index (κ3) is 3.80. The van der Waals surface area contributed by atoms with Gasteiger partial charge in [0.1, 0.15) is 6.10 Å². The van der Waals surface area contributed by atoms with Crippen LogP contribution in [0.2, 0.25) is 0 Å². The SMILES string of the molecule is CC(C)CC1CCCN1C[C@@H](O)C(N)=O. The Bertz CT molecular complexity index is 219. The molecule has 0 aromatic rings. The molecule has 1 amide bonds. The minimum absolute atomic E-state index is 0.396. The molecule has 1 rings (SSSR count). The van der Waals surface area contributed by atoms with Crippen molar-refractivity contribution >= 4 is 5.91 Å². The first-order valence-corrected chi connectivity index (χ1v) is 5.72. The lowest BCUT2D eigenvalue weighted by Gasteiger charge is -2.26. The molecule has 1 unspecified atom stereocenters. The molecule has 0 aromatic carbocycles. The number of rotatable bonds is 5. The van der Waals surface area contributed by atoms with E-state index in [1.54, 1.807) is 0 Å². The number of nitrogens with two attached hydrogens (primary N) is 1. The van der Waals surface area contributed by atoms with Crippen LogP contribution in [0, 0.1) is 5.92 Å². The Balaban J connectivity index is 2.42. The van der Waals surface area contributed by atoms with E-state index in [0.29, 0.717) is 18.5 Å².